The van der Waals surface area contributed by atoms with Gasteiger partial charge in [-0.2, -0.15) is 0 Å². The highest BCUT2D eigenvalue weighted by atomic mass is 19.1. The van der Waals surface area contributed by atoms with Gasteiger partial charge in [-0.1, -0.05) is 0 Å². The highest BCUT2D eigenvalue weighted by Crippen LogP contribution is 2.24. The van der Waals surface area contributed by atoms with Gasteiger partial charge in [0.2, 0.25) is 0 Å². The SMILES string of the molecule is CC(N)c1cc(F)ccc1OCC(=O)N1CCOCC1. The Kier molecular flexibility index (Phi) is 4.92. The van der Waals surface area contributed by atoms with Gasteiger partial charge in [0.05, 0.1) is 13.2 Å². The molecule has 5 nitrogen and oxygen atoms in total. The summed E-state index contributed by atoms with van der Waals surface area (Å²) in [5.41, 5.74) is 6.33. The molecule has 0 spiro atoms. The van der Waals surface area contributed by atoms with Crippen molar-refractivity contribution >= 4 is 5.91 Å². The number of carbonyl (C=O) groups is 1. The van der Waals surface area contributed by atoms with E-state index in [4.69, 9.17) is 15.2 Å². The summed E-state index contributed by atoms with van der Waals surface area (Å²) in [4.78, 5) is 13.7. The summed E-state index contributed by atoms with van der Waals surface area (Å²) in [5.74, 6) is -0.0274. The minimum atomic E-state index is -0.371. The van der Waals surface area contributed by atoms with E-state index in [-0.39, 0.29) is 24.4 Å². The second-order valence-electron chi connectivity index (χ2n) is 4.75. The smallest absolute Gasteiger partial charge is 0.260 e. The number of amides is 1. The minimum absolute atomic E-state index is 0.0780. The van der Waals surface area contributed by atoms with Gasteiger partial charge in [0.25, 0.3) is 5.91 Å². The summed E-state index contributed by atoms with van der Waals surface area (Å²) in [6.45, 7) is 3.91. The van der Waals surface area contributed by atoms with Crippen molar-refractivity contribution in [2.75, 3.05) is 32.9 Å². The van der Waals surface area contributed by atoms with Crippen molar-refractivity contribution in [3.63, 3.8) is 0 Å². The molecule has 1 atom stereocenters. The number of hydrogen-bond donors (Lipinski definition) is 1. The quantitative estimate of drug-likeness (QED) is 0.897. The fourth-order valence-corrected chi connectivity index (χ4v) is 2.05. The van der Waals surface area contributed by atoms with Crippen molar-refractivity contribution in [2.24, 2.45) is 5.73 Å². The van der Waals surface area contributed by atoms with E-state index < -0.39 is 0 Å². The molecule has 2 rings (SSSR count). The van der Waals surface area contributed by atoms with Crippen LogP contribution in [0.15, 0.2) is 18.2 Å². The second kappa shape index (κ2) is 6.67. The lowest BCUT2D eigenvalue weighted by Crippen LogP contribution is -2.43. The van der Waals surface area contributed by atoms with Crippen LogP contribution in [-0.2, 0) is 9.53 Å². The lowest BCUT2D eigenvalue weighted by atomic mass is 10.1. The van der Waals surface area contributed by atoms with Gasteiger partial charge in [-0.05, 0) is 25.1 Å². The summed E-state index contributed by atoms with van der Waals surface area (Å²) in [5, 5.41) is 0. The molecule has 2 N–H and O–H groups in total. The van der Waals surface area contributed by atoms with Gasteiger partial charge >= 0.3 is 0 Å². The molecule has 1 fully saturated rings. The monoisotopic (exact) mass is 282 g/mol. The number of morpholine rings is 1. The molecule has 1 aliphatic heterocycles. The number of halogens is 1. The Labute approximate surface area is 117 Å². The van der Waals surface area contributed by atoms with Gasteiger partial charge in [-0.15, -0.1) is 0 Å². The zero-order valence-electron chi connectivity index (χ0n) is 11.5. The average Bonchev–Trinajstić information content (AvgIpc) is 2.46. The molecule has 0 aliphatic carbocycles. The van der Waals surface area contributed by atoms with Crippen molar-refractivity contribution in [1.29, 1.82) is 0 Å². The number of carbonyl (C=O) groups excluding carboxylic acids is 1. The highest BCUT2D eigenvalue weighted by Gasteiger charge is 2.18. The summed E-state index contributed by atoms with van der Waals surface area (Å²) in [6.07, 6.45) is 0. The minimum Gasteiger partial charge on any atom is -0.483 e. The van der Waals surface area contributed by atoms with Crippen molar-refractivity contribution in [3.8, 4) is 5.75 Å². The lowest BCUT2D eigenvalue weighted by molar-refractivity contribution is -0.137. The lowest BCUT2D eigenvalue weighted by Gasteiger charge is -2.27. The van der Waals surface area contributed by atoms with Crippen LogP contribution < -0.4 is 10.5 Å². The molecular formula is C14H19FN2O3. The largest absolute Gasteiger partial charge is 0.483 e. The molecule has 1 aliphatic rings. The van der Waals surface area contributed by atoms with E-state index in [0.717, 1.165) is 0 Å². The Morgan fingerprint density at radius 3 is 2.85 bits per heavy atom. The first-order chi connectivity index (χ1) is 9.58. The van der Waals surface area contributed by atoms with Gasteiger partial charge in [0.1, 0.15) is 11.6 Å². The zero-order chi connectivity index (χ0) is 14.5. The van der Waals surface area contributed by atoms with Crippen LogP contribution in [0.2, 0.25) is 0 Å². The molecule has 1 heterocycles. The van der Waals surface area contributed by atoms with Gasteiger partial charge in [0.15, 0.2) is 6.61 Å². The van der Waals surface area contributed by atoms with Crippen LogP contribution in [0.5, 0.6) is 5.75 Å². The third-order valence-electron chi connectivity index (χ3n) is 3.18. The normalized spacial score (nSPS) is 16.9. The van der Waals surface area contributed by atoms with Crippen LogP contribution in [0.25, 0.3) is 0 Å². The van der Waals surface area contributed by atoms with Gasteiger partial charge in [0, 0.05) is 24.7 Å². The van der Waals surface area contributed by atoms with Crippen molar-refractivity contribution in [1.82, 2.24) is 4.90 Å². The number of benzene rings is 1. The molecule has 20 heavy (non-hydrogen) atoms. The highest BCUT2D eigenvalue weighted by molar-refractivity contribution is 5.77. The number of rotatable bonds is 4. The topological polar surface area (TPSA) is 64.8 Å². The first-order valence-corrected chi connectivity index (χ1v) is 6.61. The third-order valence-corrected chi connectivity index (χ3v) is 3.18. The number of nitrogens with two attached hydrogens (primary N) is 1. The standard InChI is InChI=1S/C14H19FN2O3/c1-10(16)12-8-11(15)2-3-13(12)20-9-14(18)17-4-6-19-7-5-17/h2-3,8,10H,4-7,9,16H2,1H3. The molecule has 6 heteroatoms. The van der Waals surface area contributed by atoms with E-state index in [1.807, 2.05) is 0 Å². The maximum atomic E-state index is 13.2. The van der Waals surface area contributed by atoms with E-state index in [9.17, 15) is 9.18 Å². The van der Waals surface area contributed by atoms with Crippen LogP contribution in [0, 0.1) is 5.82 Å². The summed E-state index contributed by atoms with van der Waals surface area (Å²) in [7, 11) is 0. The second-order valence-corrected chi connectivity index (χ2v) is 4.75. The first kappa shape index (κ1) is 14.7. The maximum Gasteiger partial charge on any atom is 0.260 e. The van der Waals surface area contributed by atoms with Gasteiger partial charge in [-0.25, -0.2) is 4.39 Å². The predicted molar refractivity (Wildman–Crippen MR) is 71.9 cm³/mol. The van der Waals surface area contributed by atoms with E-state index in [2.05, 4.69) is 0 Å². The predicted octanol–water partition coefficient (Wildman–Crippen LogP) is 1.08. The molecule has 0 saturated carbocycles. The Hall–Kier alpha value is -1.66. The molecule has 0 bridgehead atoms. The van der Waals surface area contributed by atoms with Crippen molar-refractivity contribution in [3.05, 3.63) is 29.6 Å². The molecule has 110 valence electrons. The van der Waals surface area contributed by atoms with Crippen LogP contribution in [-0.4, -0.2) is 43.7 Å². The fourth-order valence-electron chi connectivity index (χ4n) is 2.05. The molecular weight excluding hydrogens is 263 g/mol. The number of hydrogen-bond acceptors (Lipinski definition) is 4. The Morgan fingerprint density at radius 2 is 2.20 bits per heavy atom. The Morgan fingerprint density at radius 1 is 1.50 bits per heavy atom. The molecule has 1 aromatic rings. The van der Waals surface area contributed by atoms with Crippen LogP contribution in [0.4, 0.5) is 4.39 Å². The average molecular weight is 282 g/mol. The number of ether oxygens (including phenoxy) is 2. The summed E-state index contributed by atoms with van der Waals surface area (Å²) >= 11 is 0. The van der Waals surface area contributed by atoms with Crippen LogP contribution in [0.3, 0.4) is 0 Å². The van der Waals surface area contributed by atoms with Crippen molar-refractivity contribution in [2.45, 2.75) is 13.0 Å². The third kappa shape index (κ3) is 3.68. The van der Waals surface area contributed by atoms with E-state index in [1.54, 1.807) is 11.8 Å². The molecule has 0 aromatic heterocycles. The van der Waals surface area contributed by atoms with Crippen molar-refractivity contribution < 1.29 is 18.7 Å². The molecule has 0 radical (unpaired) electrons. The Bertz CT molecular complexity index is 473. The molecule has 1 amide bonds. The fraction of sp³-hybridized carbons (Fsp3) is 0.500. The number of nitrogens with zero attached hydrogens (tertiary/aromatic N) is 1. The van der Waals surface area contributed by atoms with E-state index in [1.165, 1.54) is 18.2 Å². The first-order valence-electron chi connectivity index (χ1n) is 6.61. The van der Waals surface area contributed by atoms with Crippen LogP contribution >= 0.6 is 0 Å². The Balaban J connectivity index is 1.98. The molecule has 1 saturated heterocycles. The van der Waals surface area contributed by atoms with E-state index in [0.29, 0.717) is 37.6 Å². The van der Waals surface area contributed by atoms with Gasteiger partial charge < -0.3 is 20.1 Å². The maximum absolute atomic E-state index is 13.2. The molecule has 1 unspecified atom stereocenters. The van der Waals surface area contributed by atoms with E-state index >= 15 is 0 Å². The van der Waals surface area contributed by atoms with Crippen LogP contribution in [0.1, 0.15) is 18.5 Å². The van der Waals surface area contributed by atoms with Gasteiger partial charge in [-0.3, -0.25) is 4.79 Å². The molecule has 1 aromatic carbocycles. The summed E-state index contributed by atoms with van der Waals surface area (Å²) in [6, 6.07) is 3.76. The summed E-state index contributed by atoms with van der Waals surface area (Å²) < 4.78 is 23.9. The zero-order valence-corrected chi connectivity index (χ0v) is 11.5.